The summed E-state index contributed by atoms with van der Waals surface area (Å²) in [5, 5.41) is 12.8. The molecule has 110 valence electrons. The van der Waals surface area contributed by atoms with Crippen molar-refractivity contribution in [2.45, 2.75) is 50.9 Å². The number of rotatable bonds is 7. The molecule has 0 radical (unpaired) electrons. The van der Waals surface area contributed by atoms with E-state index in [-0.39, 0.29) is 6.42 Å². The Morgan fingerprint density at radius 1 is 1.30 bits per heavy atom. The zero-order valence-corrected chi connectivity index (χ0v) is 12.5. The molecule has 0 unspecified atom stereocenters. The SMILES string of the molecule is O=C(O)CCCCNc1ccc(Cl)cc1C1CCCC1. The van der Waals surface area contributed by atoms with Gasteiger partial charge in [-0.25, -0.2) is 0 Å². The van der Waals surface area contributed by atoms with Crippen molar-refractivity contribution >= 4 is 23.3 Å². The molecule has 1 fully saturated rings. The highest BCUT2D eigenvalue weighted by Gasteiger charge is 2.20. The lowest BCUT2D eigenvalue weighted by molar-refractivity contribution is -0.137. The molecule has 1 aromatic rings. The van der Waals surface area contributed by atoms with Crippen LogP contribution >= 0.6 is 11.6 Å². The van der Waals surface area contributed by atoms with Crippen LogP contribution in [0.4, 0.5) is 5.69 Å². The summed E-state index contributed by atoms with van der Waals surface area (Å²) in [6, 6.07) is 6.05. The lowest BCUT2D eigenvalue weighted by atomic mass is 9.96. The minimum absolute atomic E-state index is 0.248. The van der Waals surface area contributed by atoms with Gasteiger partial charge < -0.3 is 10.4 Å². The minimum Gasteiger partial charge on any atom is -0.481 e. The molecular weight excluding hydrogens is 274 g/mol. The van der Waals surface area contributed by atoms with Gasteiger partial charge in [0.2, 0.25) is 0 Å². The Balaban J connectivity index is 1.91. The molecule has 2 rings (SSSR count). The van der Waals surface area contributed by atoms with E-state index in [0.29, 0.717) is 12.3 Å². The number of nitrogens with one attached hydrogen (secondary N) is 1. The van der Waals surface area contributed by atoms with Crippen LogP contribution in [0, 0.1) is 0 Å². The standard InChI is InChI=1S/C16H22ClNO2/c17-13-8-9-15(18-10-4-3-7-16(19)20)14(11-13)12-5-1-2-6-12/h8-9,11-12,18H,1-7,10H2,(H,19,20). The summed E-state index contributed by atoms with van der Waals surface area (Å²) < 4.78 is 0. The number of hydrogen-bond acceptors (Lipinski definition) is 2. The van der Waals surface area contributed by atoms with Crippen LogP contribution in [0.15, 0.2) is 18.2 Å². The molecule has 4 heteroatoms. The van der Waals surface area contributed by atoms with Gasteiger partial charge in [0.1, 0.15) is 0 Å². The quantitative estimate of drug-likeness (QED) is 0.719. The summed E-state index contributed by atoms with van der Waals surface area (Å²) >= 11 is 6.12. The van der Waals surface area contributed by atoms with Gasteiger partial charge in [-0.05, 0) is 55.4 Å². The fourth-order valence-corrected chi connectivity index (χ4v) is 3.07. The summed E-state index contributed by atoms with van der Waals surface area (Å²) in [5.74, 6) is -0.0987. The van der Waals surface area contributed by atoms with E-state index in [1.165, 1.54) is 31.2 Å². The van der Waals surface area contributed by atoms with Gasteiger partial charge in [0.15, 0.2) is 0 Å². The molecule has 1 aromatic carbocycles. The molecule has 3 nitrogen and oxygen atoms in total. The zero-order chi connectivity index (χ0) is 14.4. The third kappa shape index (κ3) is 4.41. The van der Waals surface area contributed by atoms with E-state index < -0.39 is 5.97 Å². The van der Waals surface area contributed by atoms with E-state index in [1.54, 1.807) is 0 Å². The molecule has 0 heterocycles. The predicted octanol–water partition coefficient (Wildman–Crippen LogP) is 4.66. The van der Waals surface area contributed by atoms with E-state index >= 15 is 0 Å². The fourth-order valence-electron chi connectivity index (χ4n) is 2.89. The van der Waals surface area contributed by atoms with Gasteiger partial charge in [-0.3, -0.25) is 4.79 Å². The Morgan fingerprint density at radius 2 is 2.05 bits per heavy atom. The van der Waals surface area contributed by atoms with Crippen molar-refractivity contribution in [3.8, 4) is 0 Å². The molecule has 0 aromatic heterocycles. The smallest absolute Gasteiger partial charge is 0.303 e. The van der Waals surface area contributed by atoms with Crippen molar-refractivity contribution in [1.29, 1.82) is 0 Å². The number of aliphatic carboxylic acids is 1. The Labute approximate surface area is 125 Å². The van der Waals surface area contributed by atoms with Crippen molar-refractivity contribution in [1.82, 2.24) is 0 Å². The van der Waals surface area contributed by atoms with Gasteiger partial charge in [0.25, 0.3) is 0 Å². The average molecular weight is 296 g/mol. The number of carboxylic acids is 1. The van der Waals surface area contributed by atoms with Crippen LogP contribution in [0.25, 0.3) is 0 Å². The van der Waals surface area contributed by atoms with Crippen molar-refractivity contribution < 1.29 is 9.90 Å². The lowest BCUT2D eigenvalue weighted by Crippen LogP contribution is -2.07. The highest BCUT2D eigenvalue weighted by Crippen LogP contribution is 2.38. The number of carbonyl (C=O) groups is 1. The van der Waals surface area contributed by atoms with Gasteiger partial charge in [0.05, 0.1) is 0 Å². The van der Waals surface area contributed by atoms with Crippen LogP contribution in [-0.4, -0.2) is 17.6 Å². The van der Waals surface area contributed by atoms with Crippen LogP contribution < -0.4 is 5.32 Å². The average Bonchev–Trinajstić information content (AvgIpc) is 2.93. The van der Waals surface area contributed by atoms with E-state index in [2.05, 4.69) is 11.4 Å². The number of unbranched alkanes of at least 4 members (excludes halogenated alkanes) is 1. The molecule has 1 aliphatic carbocycles. The number of benzene rings is 1. The molecule has 0 spiro atoms. The van der Waals surface area contributed by atoms with Crippen molar-refractivity contribution in [2.75, 3.05) is 11.9 Å². The van der Waals surface area contributed by atoms with Gasteiger partial charge in [0, 0.05) is 23.7 Å². The first-order valence-corrected chi connectivity index (χ1v) is 7.79. The van der Waals surface area contributed by atoms with Gasteiger partial charge in [-0.1, -0.05) is 24.4 Å². The van der Waals surface area contributed by atoms with Crippen LogP contribution in [0.1, 0.15) is 56.4 Å². The summed E-state index contributed by atoms with van der Waals surface area (Å²) in [7, 11) is 0. The molecule has 0 atom stereocenters. The summed E-state index contributed by atoms with van der Waals surface area (Å²) in [6.07, 6.45) is 6.93. The molecule has 2 N–H and O–H groups in total. The topological polar surface area (TPSA) is 49.3 Å². The zero-order valence-electron chi connectivity index (χ0n) is 11.7. The normalized spacial score (nSPS) is 15.4. The summed E-state index contributed by atoms with van der Waals surface area (Å²) in [4.78, 5) is 10.5. The highest BCUT2D eigenvalue weighted by molar-refractivity contribution is 6.30. The van der Waals surface area contributed by atoms with E-state index in [9.17, 15) is 4.79 Å². The predicted molar refractivity (Wildman–Crippen MR) is 82.6 cm³/mol. The first-order chi connectivity index (χ1) is 9.66. The van der Waals surface area contributed by atoms with Crippen LogP contribution in [-0.2, 0) is 4.79 Å². The molecule has 1 saturated carbocycles. The largest absolute Gasteiger partial charge is 0.481 e. The van der Waals surface area contributed by atoms with E-state index in [0.717, 1.165) is 23.7 Å². The summed E-state index contributed by atoms with van der Waals surface area (Å²) in [5.41, 5.74) is 2.49. The third-order valence-corrected chi connectivity index (χ3v) is 4.18. The Kier molecular flexibility index (Phi) is 5.72. The maximum absolute atomic E-state index is 10.5. The Morgan fingerprint density at radius 3 is 2.75 bits per heavy atom. The van der Waals surface area contributed by atoms with E-state index in [4.69, 9.17) is 16.7 Å². The number of halogens is 1. The van der Waals surface area contributed by atoms with Gasteiger partial charge >= 0.3 is 5.97 Å². The molecule has 0 saturated heterocycles. The first-order valence-electron chi connectivity index (χ1n) is 7.42. The maximum Gasteiger partial charge on any atom is 0.303 e. The highest BCUT2D eigenvalue weighted by atomic mass is 35.5. The second kappa shape index (κ2) is 7.53. The van der Waals surface area contributed by atoms with Crippen LogP contribution in [0.2, 0.25) is 5.02 Å². The second-order valence-corrected chi connectivity index (χ2v) is 5.93. The summed E-state index contributed by atoms with van der Waals surface area (Å²) in [6.45, 7) is 0.814. The monoisotopic (exact) mass is 295 g/mol. The fraction of sp³-hybridized carbons (Fsp3) is 0.562. The molecule has 20 heavy (non-hydrogen) atoms. The lowest BCUT2D eigenvalue weighted by Gasteiger charge is -2.17. The Hall–Kier alpha value is -1.22. The number of carboxylic acid groups (broad SMARTS) is 1. The maximum atomic E-state index is 10.5. The molecule has 0 amide bonds. The molecule has 1 aliphatic rings. The van der Waals surface area contributed by atoms with Crippen LogP contribution in [0.5, 0.6) is 0 Å². The molecule has 0 aliphatic heterocycles. The van der Waals surface area contributed by atoms with Gasteiger partial charge in [-0.2, -0.15) is 0 Å². The third-order valence-electron chi connectivity index (χ3n) is 3.94. The van der Waals surface area contributed by atoms with Crippen molar-refractivity contribution in [3.05, 3.63) is 28.8 Å². The molecule has 0 bridgehead atoms. The number of hydrogen-bond donors (Lipinski definition) is 2. The first kappa shape index (κ1) is 15.2. The van der Waals surface area contributed by atoms with Crippen molar-refractivity contribution in [3.63, 3.8) is 0 Å². The minimum atomic E-state index is -0.719. The molecular formula is C16H22ClNO2. The number of anilines is 1. The second-order valence-electron chi connectivity index (χ2n) is 5.49. The van der Waals surface area contributed by atoms with E-state index in [1.807, 2.05) is 12.1 Å². The Bertz CT molecular complexity index is 456. The van der Waals surface area contributed by atoms with Crippen molar-refractivity contribution in [2.24, 2.45) is 0 Å². The van der Waals surface area contributed by atoms with Gasteiger partial charge in [-0.15, -0.1) is 0 Å². The van der Waals surface area contributed by atoms with Crippen LogP contribution in [0.3, 0.4) is 0 Å².